The Balaban J connectivity index is 1.72. The van der Waals surface area contributed by atoms with E-state index in [1.165, 1.54) is 6.42 Å². The van der Waals surface area contributed by atoms with E-state index in [-0.39, 0.29) is 11.9 Å². The number of hydrogen-bond donors (Lipinski definition) is 1. The van der Waals surface area contributed by atoms with Gasteiger partial charge in [0.2, 0.25) is 5.91 Å². The molecule has 20 heavy (non-hydrogen) atoms. The average Bonchev–Trinajstić information content (AvgIpc) is 2.80. The van der Waals surface area contributed by atoms with Crippen LogP contribution in [0, 0.1) is 11.8 Å². The van der Waals surface area contributed by atoms with Gasteiger partial charge in [0.1, 0.15) is 6.04 Å². The second-order valence-corrected chi connectivity index (χ2v) is 6.59. The summed E-state index contributed by atoms with van der Waals surface area (Å²) in [5, 5.41) is 3.38. The predicted molar refractivity (Wildman–Crippen MR) is 80.0 cm³/mol. The van der Waals surface area contributed by atoms with Gasteiger partial charge >= 0.3 is 0 Å². The van der Waals surface area contributed by atoms with Gasteiger partial charge in [0.15, 0.2) is 0 Å². The zero-order valence-electron chi connectivity index (χ0n) is 12.4. The first-order valence-electron chi connectivity index (χ1n) is 7.74. The van der Waals surface area contributed by atoms with E-state index < -0.39 is 0 Å². The van der Waals surface area contributed by atoms with Crippen LogP contribution in [0.1, 0.15) is 44.7 Å². The van der Waals surface area contributed by atoms with Crippen molar-refractivity contribution in [3.63, 3.8) is 0 Å². The highest BCUT2D eigenvalue weighted by atomic mass is 16.2. The first-order valence-corrected chi connectivity index (χ1v) is 7.74. The molecule has 1 aliphatic heterocycles. The number of carbonyl (C=O) groups excluding carboxylic acids is 1. The summed E-state index contributed by atoms with van der Waals surface area (Å²) < 4.78 is 0. The Morgan fingerprint density at radius 3 is 2.35 bits per heavy atom. The van der Waals surface area contributed by atoms with E-state index in [1.54, 1.807) is 0 Å². The Morgan fingerprint density at radius 2 is 1.70 bits per heavy atom. The number of rotatable bonds is 2. The molecule has 0 bridgehead atoms. The molecule has 2 aliphatic rings. The number of hydrogen-bond acceptors (Lipinski definition) is 2. The number of carbonyl (C=O) groups is 1. The zero-order chi connectivity index (χ0) is 14.1. The Labute approximate surface area is 121 Å². The number of nitrogens with zero attached hydrogens (tertiary/aromatic N) is 1. The maximum Gasteiger partial charge on any atom is 0.245 e. The van der Waals surface area contributed by atoms with Gasteiger partial charge < -0.3 is 4.90 Å². The Bertz CT molecular complexity index is 463. The molecule has 0 spiro atoms. The van der Waals surface area contributed by atoms with Crippen molar-refractivity contribution in [2.45, 2.75) is 45.2 Å². The topological polar surface area (TPSA) is 32.3 Å². The van der Waals surface area contributed by atoms with Gasteiger partial charge in [0, 0.05) is 6.04 Å². The van der Waals surface area contributed by atoms with E-state index in [9.17, 15) is 4.79 Å². The number of nitrogens with one attached hydrogen (secondary N) is 1. The predicted octanol–water partition coefficient (Wildman–Crippen LogP) is 2.94. The third-order valence-electron chi connectivity index (χ3n) is 4.72. The SMILES string of the molecule is CC1CC(C)CC(N2CNC(c3ccccc3)C2=O)C1. The highest BCUT2D eigenvalue weighted by Crippen LogP contribution is 2.34. The van der Waals surface area contributed by atoms with Crippen LogP contribution in [0.3, 0.4) is 0 Å². The molecule has 3 heteroatoms. The maximum absolute atomic E-state index is 12.7. The van der Waals surface area contributed by atoms with E-state index in [0.29, 0.717) is 12.7 Å². The Kier molecular flexibility index (Phi) is 3.79. The summed E-state index contributed by atoms with van der Waals surface area (Å²) in [7, 11) is 0. The van der Waals surface area contributed by atoms with Crippen molar-refractivity contribution in [2.75, 3.05) is 6.67 Å². The van der Waals surface area contributed by atoms with Crippen LogP contribution in [-0.4, -0.2) is 23.5 Å². The maximum atomic E-state index is 12.7. The standard InChI is InChI=1S/C17H24N2O/c1-12-8-13(2)10-15(9-12)19-11-18-16(17(19)20)14-6-4-3-5-7-14/h3-7,12-13,15-16,18H,8-11H2,1-2H3. The van der Waals surface area contributed by atoms with E-state index in [0.717, 1.165) is 30.2 Å². The lowest BCUT2D eigenvalue weighted by Crippen LogP contribution is -2.42. The van der Waals surface area contributed by atoms with Crippen LogP contribution in [0.2, 0.25) is 0 Å². The molecule has 1 aromatic carbocycles. The molecule has 3 rings (SSSR count). The minimum absolute atomic E-state index is 0.149. The first kappa shape index (κ1) is 13.6. The van der Waals surface area contributed by atoms with E-state index in [4.69, 9.17) is 0 Å². The van der Waals surface area contributed by atoms with Crippen LogP contribution >= 0.6 is 0 Å². The normalized spacial score (nSPS) is 34.5. The first-order chi connectivity index (χ1) is 9.65. The quantitative estimate of drug-likeness (QED) is 0.897. The van der Waals surface area contributed by atoms with Gasteiger partial charge in [-0.1, -0.05) is 44.2 Å². The lowest BCUT2D eigenvalue weighted by molar-refractivity contribution is -0.132. The van der Waals surface area contributed by atoms with Gasteiger partial charge in [0.05, 0.1) is 6.67 Å². The van der Waals surface area contributed by atoms with Gasteiger partial charge in [-0.05, 0) is 36.7 Å². The van der Waals surface area contributed by atoms with Gasteiger partial charge in [0.25, 0.3) is 0 Å². The Hall–Kier alpha value is -1.35. The molecule has 0 aromatic heterocycles. The van der Waals surface area contributed by atoms with Crippen LogP contribution in [0.4, 0.5) is 0 Å². The molecule has 1 saturated carbocycles. The minimum Gasteiger partial charge on any atom is -0.325 e. The monoisotopic (exact) mass is 272 g/mol. The number of amides is 1. The zero-order valence-corrected chi connectivity index (χ0v) is 12.4. The molecule has 0 radical (unpaired) electrons. The summed E-state index contributed by atoms with van der Waals surface area (Å²) in [4.78, 5) is 14.8. The molecule has 1 N–H and O–H groups in total. The molecular weight excluding hydrogens is 248 g/mol. The largest absolute Gasteiger partial charge is 0.325 e. The molecule has 1 saturated heterocycles. The van der Waals surface area contributed by atoms with E-state index in [1.807, 2.05) is 30.3 Å². The van der Waals surface area contributed by atoms with Crippen molar-refractivity contribution in [1.82, 2.24) is 10.2 Å². The van der Waals surface area contributed by atoms with Crippen LogP contribution in [-0.2, 0) is 4.79 Å². The number of benzene rings is 1. The summed E-state index contributed by atoms with van der Waals surface area (Å²) in [6, 6.07) is 10.3. The molecule has 3 nitrogen and oxygen atoms in total. The average molecular weight is 272 g/mol. The summed E-state index contributed by atoms with van der Waals surface area (Å²) in [6.07, 6.45) is 3.60. The minimum atomic E-state index is -0.149. The van der Waals surface area contributed by atoms with Crippen LogP contribution in [0.5, 0.6) is 0 Å². The van der Waals surface area contributed by atoms with Crippen molar-refractivity contribution in [3.8, 4) is 0 Å². The lowest BCUT2D eigenvalue weighted by Gasteiger charge is -2.36. The fraction of sp³-hybridized carbons (Fsp3) is 0.588. The highest BCUT2D eigenvalue weighted by molar-refractivity contribution is 5.85. The van der Waals surface area contributed by atoms with Crippen molar-refractivity contribution < 1.29 is 4.79 Å². The van der Waals surface area contributed by atoms with Gasteiger partial charge in [-0.3, -0.25) is 10.1 Å². The van der Waals surface area contributed by atoms with Crippen molar-refractivity contribution >= 4 is 5.91 Å². The molecule has 1 aliphatic carbocycles. The Morgan fingerprint density at radius 1 is 1.05 bits per heavy atom. The summed E-state index contributed by atoms with van der Waals surface area (Å²) in [5.41, 5.74) is 1.08. The molecule has 2 fully saturated rings. The van der Waals surface area contributed by atoms with E-state index >= 15 is 0 Å². The van der Waals surface area contributed by atoms with Crippen molar-refractivity contribution in [3.05, 3.63) is 35.9 Å². The van der Waals surface area contributed by atoms with Gasteiger partial charge in [-0.2, -0.15) is 0 Å². The molecule has 1 amide bonds. The third-order valence-corrected chi connectivity index (χ3v) is 4.72. The lowest BCUT2D eigenvalue weighted by atomic mass is 9.80. The fourth-order valence-electron chi connectivity index (χ4n) is 3.89. The molecular formula is C17H24N2O. The fourth-order valence-corrected chi connectivity index (χ4v) is 3.89. The van der Waals surface area contributed by atoms with Gasteiger partial charge in [-0.25, -0.2) is 0 Å². The summed E-state index contributed by atoms with van der Waals surface area (Å²) >= 11 is 0. The van der Waals surface area contributed by atoms with Crippen molar-refractivity contribution in [1.29, 1.82) is 0 Å². The molecule has 3 atom stereocenters. The smallest absolute Gasteiger partial charge is 0.245 e. The van der Waals surface area contributed by atoms with Crippen LogP contribution < -0.4 is 5.32 Å². The van der Waals surface area contributed by atoms with E-state index in [2.05, 4.69) is 24.1 Å². The summed E-state index contributed by atoms with van der Waals surface area (Å²) in [6.45, 7) is 5.32. The summed E-state index contributed by atoms with van der Waals surface area (Å²) in [5.74, 6) is 1.71. The second kappa shape index (κ2) is 5.57. The highest BCUT2D eigenvalue weighted by Gasteiger charge is 2.38. The van der Waals surface area contributed by atoms with Gasteiger partial charge in [-0.15, -0.1) is 0 Å². The molecule has 1 aromatic rings. The second-order valence-electron chi connectivity index (χ2n) is 6.59. The molecule has 1 heterocycles. The van der Waals surface area contributed by atoms with Crippen molar-refractivity contribution in [2.24, 2.45) is 11.8 Å². The molecule has 108 valence electrons. The third kappa shape index (κ3) is 2.59. The van der Waals surface area contributed by atoms with Crippen LogP contribution in [0.15, 0.2) is 30.3 Å². The van der Waals surface area contributed by atoms with Crippen LogP contribution in [0.25, 0.3) is 0 Å². The molecule has 3 unspecified atom stereocenters.